The summed E-state index contributed by atoms with van der Waals surface area (Å²) < 4.78 is 5.07. The summed E-state index contributed by atoms with van der Waals surface area (Å²) in [5, 5.41) is 15.2. The third-order valence-corrected chi connectivity index (χ3v) is 3.50. The summed E-state index contributed by atoms with van der Waals surface area (Å²) in [6.07, 6.45) is 2.59. The number of nitrogens with one attached hydrogen (secondary N) is 2. The van der Waals surface area contributed by atoms with Crippen molar-refractivity contribution in [1.29, 1.82) is 0 Å². The van der Waals surface area contributed by atoms with Gasteiger partial charge < -0.3 is 20.5 Å². The molecule has 5 nitrogen and oxygen atoms in total. The zero-order chi connectivity index (χ0) is 14.4. The van der Waals surface area contributed by atoms with Gasteiger partial charge in [0.05, 0.1) is 13.2 Å². The summed E-state index contributed by atoms with van der Waals surface area (Å²) in [5.74, 6) is 1.26. The Hall–Kier alpha value is -1.75. The largest absolute Gasteiger partial charge is 0.497 e. The van der Waals surface area contributed by atoms with Gasteiger partial charge in [-0.3, -0.25) is 0 Å². The Morgan fingerprint density at radius 2 is 2.05 bits per heavy atom. The molecule has 2 rings (SSSR count). The standard InChI is InChI=1S/C15H22N2O3/c1-20-13-6-2-11(3-7-13)10-17-15(19)16-9-8-14(18)12-4-5-12/h2-3,6-7,12,14,18H,4-5,8-10H2,1H3,(H2,16,17,19). The van der Waals surface area contributed by atoms with E-state index in [1.54, 1.807) is 7.11 Å². The Balaban J connectivity index is 1.61. The predicted octanol–water partition coefficient (Wildman–Crippen LogP) is 1.66. The lowest BCUT2D eigenvalue weighted by molar-refractivity contribution is 0.141. The van der Waals surface area contributed by atoms with Gasteiger partial charge in [-0.25, -0.2) is 4.79 Å². The molecule has 0 aliphatic heterocycles. The molecular weight excluding hydrogens is 256 g/mol. The Morgan fingerprint density at radius 1 is 1.35 bits per heavy atom. The molecule has 0 heterocycles. The first-order valence-electron chi connectivity index (χ1n) is 7.01. The van der Waals surface area contributed by atoms with Gasteiger partial charge in [0.15, 0.2) is 0 Å². The van der Waals surface area contributed by atoms with Crippen LogP contribution in [0.15, 0.2) is 24.3 Å². The fraction of sp³-hybridized carbons (Fsp3) is 0.533. The second-order valence-corrected chi connectivity index (χ2v) is 5.15. The van der Waals surface area contributed by atoms with Gasteiger partial charge >= 0.3 is 6.03 Å². The second kappa shape index (κ2) is 7.14. The summed E-state index contributed by atoms with van der Waals surface area (Å²) in [6.45, 7) is 0.979. The Morgan fingerprint density at radius 3 is 2.65 bits per heavy atom. The number of benzene rings is 1. The van der Waals surface area contributed by atoms with E-state index in [-0.39, 0.29) is 12.1 Å². The van der Waals surface area contributed by atoms with E-state index < -0.39 is 0 Å². The number of carbonyl (C=O) groups excluding carboxylic acids is 1. The minimum atomic E-state index is -0.267. The number of ether oxygens (including phenoxy) is 1. The summed E-state index contributed by atoms with van der Waals surface area (Å²) >= 11 is 0. The third kappa shape index (κ3) is 4.74. The Labute approximate surface area is 119 Å². The van der Waals surface area contributed by atoms with Crippen molar-refractivity contribution in [3.63, 3.8) is 0 Å². The highest BCUT2D eigenvalue weighted by Crippen LogP contribution is 2.33. The number of aliphatic hydroxyl groups is 1. The summed E-state index contributed by atoms with van der Waals surface area (Å²) in [7, 11) is 1.62. The molecular formula is C15H22N2O3. The first-order chi connectivity index (χ1) is 9.69. The highest BCUT2D eigenvalue weighted by Gasteiger charge is 2.29. The quantitative estimate of drug-likeness (QED) is 0.710. The van der Waals surface area contributed by atoms with E-state index in [1.807, 2.05) is 24.3 Å². The van der Waals surface area contributed by atoms with Crippen LogP contribution in [0.2, 0.25) is 0 Å². The first kappa shape index (κ1) is 14.7. The van der Waals surface area contributed by atoms with Gasteiger partial charge in [-0.15, -0.1) is 0 Å². The molecule has 0 spiro atoms. The molecule has 20 heavy (non-hydrogen) atoms. The molecule has 1 aliphatic rings. The van der Waals surface area contributed by atoms with Crippen LogP contribution in [0.25, 0.3) is 0 Å². The number of carbonyl (C=O) groups is 1. The molecule has 0 radical (unpaired) electrons. The maximum Gasteiger partial charge on any atom is 0.315 e. The number of hydrogen-bond donors (Lipinski definition) is 3. The fourth-order valence-electron chi connectivity index (χ4n) is 2.04. The van der Waals surface area contributed by atoms with Crippen molar-refractivity contribution >= 4 is 6.03 Å². The molecule has 1 saturated carbocycles. The van der Waals surface area contributed by atoms with Crippen molar-refractivity contribution in [1.82, 2.24) is 10.6 Å². The van der Waals surface area contributed by atoms with Gasteiger partial charge in [-0.05, 0) is 42.9 Å². The van der Waals surface area contributed by atoms with Gasteiger partial charge in [-0.2, -0.15) is 0 Å². The number of rotatable bonds is 7. The smallest absolute Gasteiger partial charge is 0.315 e. The lowest BCUT2D eigenvalue weighted by atomic mass is 10.2. The van der Waals surface area contributed by atoms with E-state index in [9.17, 15) is 9.90 Å². The zero-order valence-corrected chi connectivity index (χ0v) is 11.8. The molecule has 0 saturated heterocycles. The average molecular weight is 278 g/mol. The second-order valence-electron chi connectivity index (χ2n) is 5.15. The van der Waals surface area contributed by atoms with Gasteiger partial charge in [0.1, 0.15) is 5.75 Å². The third-order valence-electron chi connectivity index (χ3n) is 3.50. The molecule has 5 heteroatoms. The molecule has 1 aromatic rings. The summed E-state index contributed by atoms with van der Waals surface area (Å²) in [6, 6.07) is 7.34. The van der Waals surface area contributed by atoms with Crippen LogP contribution in [0.4, 0.5) is 4.79 Å². The van der Waals surface area contributed by atoms with Crippen LogP contribution in [0, 0.1) is 5.92 Å². The van der Waals surface area contributed by atoms with Gasteiger partial charge in [0.2, 0.25) is 0 Å². The molecule has 2 amide bonds. The van der Waals surface area contributed by atoms with E-state index in [1.165, 1.54) is 0 Å². The fourth-order valence-corrected chi connectivity index (χ4v) is 2.04. The SMILES string of the molecule is COc1ccc(CNC(=O)NCCC(O)C2CC2)cc1. The minimum absolute atomic E-state index is 0.205. The lowest BCUT2D eigenvalue weighted by Crippen LogP contribution is -2.36. The predicted molar refractivity (Wildman–Crippen MR) is 76.6 cm³/mol. The molecule has 1 aromatic carbocycles. The van der Waals surface area contributed by atoms with E-state index in [0.717, 1.165) is 24.2 Å². The maximum absolute atomic E-state index is 11.6. The van der Waals surface area contributed by atoms with Crippen molar-refractivity contribution in [3.8, 4) is 5.75 Å². The maximum atomic E-state index is 11.6. The van der Waals surface area contributed by atoms with Crippen LogP contribution in [0.3, 0.4) is 0 Å². The molecule has 1 atom stereocenters. The molecule has 1 aliphatic carbocycles. The van der Waals surface area contributed by atoms with Gasteiger partial charge in [0, 0.05) is 13.1 Å². The summed E-state index contributed by atoms with van der Waals surface area (Å²) in [5.41, 5.74) is 1.01. The van der Waals surface area contributed by atoms with Crippen LogP contribution < -0.4 is 15.4 Å². The van der Waals surface area contributed by atoms with Crippen LogP contribution in [-0.2, 0) is 6.54 Å². The molecule has 0 aromatic heterocycles. The van der Waals surface area contributed by atoms with E-state index in [2.05, 4.69) is 10.6 Å². The van der Waals surface area contributed by atoms with Crippen molar-refractivity contribution in [2.45, 2.75) is 31.9 Å². The zero-order valence-electron chi connectivity index (χ0n) is 11.8. The lowest BCUT2D eigenvalue weighted by Gasteiger charge is -2.11. The number of methoxy groups -OCH3 is 1. The van der Waals surface area contributed by atoms with Crippen molar-refractivity contribution < 1.29 is 14.6 Å². The Kier molecular flexibility index (Phi) is 5.24. The van der Waals surface area contributed by atoms with E-state index >= 15 is 0 Å². The van der Waals surface area contributed by atoms with Gasteiger partial charge in [0.25, 0.3) is 0 Å². The molecule has 1 fully saturated rings. The van der Waals surface area contributed by atoms with Crippen LogP contribution in [0.1, 0.15) is 24.8 Å². The number of urea groups is 1. The van der Waals surface area contributed by atoms with Crippen molar-refractivity contribution in [3.05, 3.63) is 29.8 Å². The molecule has 110 valence electrons. The molecule has 3 N–H and O–H groups in total. The van der Waals surface area contributed by atoms with Crippen LogP contribution >= 0.6 is 0 Å². The van der Waals surface area contributed by atoms with E-state index in [4.69, 9.17) is 4.74 Å². The minimum Gasteiger partial charge on any atom is -0.497 e. The van der Waals surface area contributed by atoms with Gasteiger partial charge in [-0.1, -0.05) is 12.1 Å². The number of hydrogen-bond acceptors (Lipinski definition) is 3. The van der Waals surface area contributed by atoms with E-state index in [0.29, 0.717) is 25.4 Å². The highest BCUT2D eigenvalue weighted by molar-refractivity contribution is 5.73. The first-order valence-corrected chi connectivity index (χ1v) is 7.01. The average Bonchev–Trinajstić information content (AvgIpc) is 3.30. The van der Waals surface area contributed by atoms with Crippen molar-refractivity contribution in [2.75, 3.05) is 13.7 Å². The number of amides is 2. The Bertz CT molecular complexity index is 429. The highest BCUT2D eigenvalue weighted by atomic mass is 16.5. The van der Waals surface area contributed by atoms with Crippen molar-refractivity contribution in [2.24, 2.45) is 5.92 Å². The molecule has 1 unspecified atom stereocenters. The topological polar surface area (TPSA) is 70.6 Å². The normalized spacial score (nSPS) is 15.5. The molecule has 0 bridgehead atoms. The monoisotopic (exact) mass is 278 g/mol. The number of aliphatic hydroxyl groups excluding tert-OH is 1. The van der Waals surface area contributed by atoms with Crippen LogP contribution in [0.5, 0.6) is 5.75 Å². The summed E-state index contributed by atoms with van der Waals surface area (Å²) in [4.78, 5) is 11.6. The van der Waals surface area contributed by atoms with Crippen LogP contribution in [-0.4, -0.2) is 30.9 Å².